The van der Waals surface area contributed by atoms with Gasteiger partial charge in [0.15, 0.2) is 0 Å². The number of nitrogens with zero attached hydrogens (tertiary/aromatic N) is 1. The first-order valence-electron chi connectivity index (χ1n) is 6.99. The summed E-state index contributed by atoms with van der Waals surface area (Å²) in [5.74, 6) is -1.56. The highest BCUT2D eigenvalue weighted by Gasteiger charge is 2.35. The second kappa shape index (κ2) is 7.27. The van der Waals surface area contributed by atoms with Crippen molar-refractivity contribution in [3.63, 3.8) is 0 Å². The van der Waals surface area contributed by atoms with Gasteiger partial charge < -0.3 is 0 Å². The maximum Gasteiger partial charge on any atom is 0.293 e. The van der Waals surface area contributed by atoms with E-state index in [-0.39, 0.29) is 22.0 Å². The molecule has 2 amide bonds. The Labute approximate surface area is 159 Å². The Hall–Kier alpha value is -1.70. The molecular formula is C17H9BrClF2NO2S. The van der Waals surface area contributed by atoms with E-state index in [0.29, 0.717) is 10.0 Å². The summed E-state index contributed by atoms with van der Waals surface area (Å²) >= 11 is 9.89. The molecule has 0 aliphatic carbocycles. The van der Waals surface area contributed by atoms with E-state index < -0.39 is 22.8 Å². The van der Waals surface area contributed by atoms with Crippen molar-refractivity contribution in [2.24, 2.45) is 0 Å². The van der Waals surface area contributed by atoms with E-state index in [2.05, 4.69) is 15.9 Å². The summed E-state index contributed by atoms with van der Waals surface area (Å²) in [7, 11) is 0. The van der Waals surface area contributed by atoms with Crippen molar-refractivity contribution in [2.45, 2.75) is 6.54 Å². The number of hydrogen-bond donors (Lipinski definition) is 0. The summed E-state index contributed by atoms with van der Waals surface area (Å²) in [5, 5.41) is -0.367. The molecule has 0 radical (unpaired) electrons. The maximum absolute atomic E-state index is 13.8. The molecule has 1 aliphatic rings. The fraction of sp³-hybridized carbons (Fsp3) is 0.0588. The molecule has 3 rings (SSSR count). The first-order chi connectivity index (χ1) is 11.8. The molecule has 0 spiro atoms. The fourth-order valence-electron chi connectivity index (χ4n) is 2.22. The maximum atomic E-state index is 13.8. The van der Waals surface area contributed by atoms with Crippen LogP contribution < -0.4 is 0 Å². The molecule has 0 aromatic heterocycles. The number of benzene rings is 2. The number of rotatable bonds is 3. The van der Waals surface area contributed by atoms with Crippen LogP contribution >= 0.6 is 39.3 Å². The molecule has 0 saturated carbocycles. The Morgan fingerprint density at radius 2 is 1.92 bits per heavy atom. The highest BCUT2D eigenvalue weighted by molar-refractivity contribution is 9.10. The topological polar surface area (TPSA) is 37.4 Å². The van der Waals surface area contributed by atoms with Crippen molar-refractivity contribution in [3.05, 3.63) is 73.6 Å². The predicted octanol–water partition coefficient (Wildman–Crippen LogP) is 5.62. The molecule has 0 atom stereocenters. The van der Waals surface area contributed by atoms with Gasteiger partial charge in [-0.3, -0.25) is 14.5 Å². The van der Waals surface area contributed by atoms with Crippen molar-refractivity contribution in [1.82, 2.24) is 4.90 Å². The molecule has 1 saturated heterocycles. The van der Waals surface area contributed by atoms with Crippen LogP contribution in [0.1, 0.15) is 11.1 Å². The van der Waals surface area contributed by atoms with E-state index in [1.807, 2.05) is 0 Å². The second-order valence-corrected chi connectivity index (χ2v) is 7.49. The van der Waals surface area contributed by atoms with Gasteiger partial charge in [-0.15, -0.1) is 0 Å². The zero-order valence-electron chi connectivity index (χ0n) is 12.4. The normalized spacial score (nSPS) is 16.2. The minimum absolute atomic E-state index is 0.0813. The smallest absolute Gasteiger partial charge is 0.268 e. The lowest BCUT2D eigenvalue weighted by Crippen LogP contribution is -2.27. The SMILES string of the molecule is O=C1S/C(=C\c2cc(Br)ccc2F)C(=O)N1Cc1ccc(F)cc1Cl. The van der Waals surface area contributed by atoms with Crippen LogP contribution in [0.2, 0.25) is 5.02 Å². The van der Waals surface area contributed by atoms with Gasteiger partial charge in [0.2, 0.25) is 0 Å². The van der Waals surface area contributed by atoms with Crippen LogP contribution in [0.3, 0.4) is 0 Å². The standard InChI is InChI=1S/C17H9BrClF2NO2S/c18-11-2-4-14(21)10(5-11)6-15-16(23)22(17(24)25-15)8-9-1-3-12(20)7-13(9)19/h1-7H,8H2/b15-6-. The molecule has 0 N–H and O–H groups in total. The van der Waals surface area contributed by atoms with Crippen molar-refractivity contribution in [3.8, 4) is 0 Å². The van der Waals surface area contributed by atoms with E-state index in [4.69, 9.17) is 11.6 Å². The van der Waals surface area contributed by atoms with Gasteiger partial charge in [0, 0.05) is 15.1 Å². The van der Waals surface area contributed by atoms with Crippen molar-refractivity contribution >= 4 is 56.5 Å². The third-order valence-electron chi connectivity index (χ3n) is 3.46. The van der Waals surface area contributed by atoms with Crippen molar-refractivity contribution < 1.29 is 18.4 Å². The van der Waals surface area contributed by atoms with Crippen LogP contribution in [-0.2, 0) is 11.3 Å². The van der Waals surface area contributed by atoms with Gasteiger partial charge in [-0.2, -0.15) is 0 Å². The van der Waals surface area contributed by atoms with Crippen LogP contribution in [0.15, 0.2) is 45.8 Å². The fourth-order valence-corrected chi connectivity index (χ4v) is 3.66. The Morgan fingerprint density at radius 1 is 1.16 bits per heavy atom. The van der Waals surface area contributed by atoms with Crippen LogP contribution in [0.25, 0.3) is 6.08 Å². The largest absolute Gasteiger partial charge is 0.293 e. The Balaban J connectivity index is 1.87. The number of hydrogen-bond acceptors (Lipinski definition) is 3. The molecule has 1 fully saturated rings. The molecular weight excluding hydrogens is 436 g/mol. The zero-order chi connectivity index (χ0) is 18.1. The average Bonchev–Trinajstić information content (AvgIpc) is 2.81. The van der Waals surface area contributed by atoms with Crippen LogP contribution in [0.5, 0.6) is 0 Å². The van der Waals surface area contributed by atoms with E-state index in [9.17, 15) is 18.4 Å². The molecule has 0 bridgehead atoms. The van der Waals surface area contributed by atoms with Crippen LogP contribution in [0, 0.1) is 11.6 Å². The van der Waals surface area contributed by atoms with Gasteiger partial charge in [0.25, 0.3) is 11.1 Å². The summed E-state index contributed by atoms with van der Waals surface area (Å²) in [6.07, 6.45) is 1.33. The number of carbonyl (C=O) groups is 2. The third-order valence-corrected chi connectivity index (χ3v) is 5.21. The highest BCUT2D eigenvalue weighted by atomic mass is 79.9. The van der Waals surface area contributed by atoms with E-state index in [0.717, 1.165) is 22.7 Å². The molecule has 2 aromatic carbocycles. The van der Waals surface area contributed by atoms with Crippen LogP contribution in [-0.4, -0.2) is 16.0 Å². The van der Waals surface area contributed by atoms with E-state index >= 15 is 0 Å². The minimum atomic E-state index is -0.547. The molecule has 0 unspecified atom stereocenters. The Kier molecular flexibility index (Phi) is 5.27. The summed E-state index contributed by atoms with van der Waals surface area (Å²) in [6.45, 7) is -0.0813. The van der Waals surface area contributed by atoms with Gasteiger partial charge in [0.05, 0.1) is 11.4 Å². The zero-order valence-corrected chi connectivity index (χ0v) is 15.6. The molecule has 25 heavy (non-hydrogen) atoms. The number of halogens is 4. The molecule has 1 aliphatic heterocycles. The van der Waals surface area contributed by atoms with Gasteiger partial charge in [-0.1, -0.05) is 33.6 Å². The van der Waals surface area contributed by atoms with Gasteiger partial charge in [-0.25, -0.2) is 8.78 Å². The second-order valence-electron chi connectivity index (χ2n) is 5.17. The molecule has 8 heteroatoms. The summed E-state index contributed by atoms with van der Waals surface area (Å²) in [4.78, 5) is 25.7. The van der Waals surface area contributed by atoms with E-state index in [1.165, 1.54) is 36.4 Å². The lowest BCUT2D eigenvalue weighted by atomic mass is 10.2. The summed E-state index contributed by atoms with van der Waals surface area (Å²) in [5.41, 5.74) is 0.639. The van der Waals surface area contributed by atoms with Crippen LogP contribution in [0.4, 0.5) is 13.6 Å². The van der Waals surface area contributed by atoms with Gasteiger partial charge >= 0.3 is 0 Å². The van der Waals surface area contributed by atoms with Crippen molar-refractivity contribution in [1.29, 1.82) is 0 Å². The average molecular weight is 445 g/mol. The molecule has 3 nitrogen and oxygen atoms in total. The van der Waals surface area contributed by atoms with Crippen molar-refractivity contribution in [2.75, 3.05) is 0 Å². The lowest BCUT2D eigenvalue weighted by molar-refractivity contribution is -0.123. The first kappa shape index (κ1) is 18.1. The quantitative estimate of drug-likeness (QED) is 0.577. The number of carbonyl (C=O) groups excluding carboxylic acids is 2. The summed E-state index contributed by atoms with van der Waals surface area (Å²) < 4.78 is 27.6. The first-order valence-corrected chi connectivity index (χ1v) is 8.98. The van der Waals surface area contributed by atoms with Gasteiger partial charge in [-0.05, 0) is 53.7 Å². The molecule has 128 valence electrons. The summed E-state index contributed by atoms with van der Waals surface area (Å²) in [6, 6.07) is 8.04. The number of thioether (sulfide) groups is 1. The molecule has 1 heterocycles. The van der Waals surface area contributed by atoms with E-state index in [1.54, 1.807) is 0 Å². The number of imide groups is 1. The minimum Gasteiger partial charge on any atom is -0.268 e. The predicted molar refractivity (Wildman–Crippen MR) is 97.0 cm³/mol. The van der Waals surface area contributed by atoms with Gasteiger partial charge in [0.1, 0.15) is 11.6 Å². The third kappa shape index (κ3) is 3.94. The lowest BCUT2D eigenvalue weighted by Gasteiger charge is -2.13. The Bertz CT molecular complexity index is 920. The highest BCUT2D eigenvalue weighted by Crippen LogP contribution is 2.34. The molecule has 2 aromatic rings. The monoisotopic (exact) mass is 443 g/mol. The Morgan fingerprint density at radius 3 is 2.64 bits per heavy atom. The number of amides is 2.